The Morgan fingerprint density at radius 3 is 2.67 bits per heavy atom. The Bertz CT molecular complexity index is 1580. The van der Waals surface area contributed by atoms with Gasteiger partial charge in [-0.15, -0.1) is 0 Å². The number of piperazine rings is 1. The maximum absolute atomic E-state index is 12.8. The summed E-state index contributed by atoms with van der Waals surface area (Å²) >= 11 is 6.38. The second-order valence-electron chi connectivity index (χ2n) is 10.5. The van der Waals surface area contributed by atoms with Gasteiger partial charge in [0.15, 0.2) is 5.82 Å². The topological polar surface area (TPSA) is 117 Å². The predicted molar refractivity (Wildman–Crippen MR) is 156 cm³/mol. The Morgan fingerprint density at radius 1 is 1.10 bits per heavy atom. The molecular weight excluding hydrogens is 559 g/mol. The number of hydrogen-bond donors (Lipinski definition) is 2. The van der Waals surface area contributed by atoms with Crippen LogP contribution in [0.4, 0.5) is 28.8 Å². The standard InChI is InChI=1S/C26H30ClN6O4PS/c1-38(2,34)24-6-4-3-5-21(24)30-25-20(27)14-28-26(31-25)29-17-7-10-22-23(13-17)37-16-18-15-32(11-12-33(18)22)39(35,36)19-8-9-19/h3-7,10,13-14,18-19H,8-9,11-12,15-16H2,1-2H3,(H2,28,29,30,31)/t18-/m1/s1. The lowest BCUT2D eigenvalue weighted by molar-refractivity contribution is 0.216. The number of ether oxygens (including phenoxy) is 1. The predicted octanol–water partition coefficient (Wildman–Crippen LogP) is 4.24. The van der Waals surface area contributed by atoms with Crippen LogP contribution in [0.15, 0.2) is 48.7 Å². The van der Waals surface area contributed by atoms with Crippen LogP contribution in [0.5, 0.6) is 5.75 Å². The molecule has 3 aliphatic rings. The molecule has 0 radical (unpaired) electrons. The number of nitrogens with one attached hydrogen (secondary N) is 2. The summed E-state index contributed by atoms with van der Waals surface area (Å²) in [6, 6.07) is 13.2. The number of aromatic nitrogens is 2. The van der Waals surface area contributed by atoms with Gasteiger partial charge in [-0.1, -0.05) is 23.7 Å². The first-order chi connectivity index (χ1) is 18.6. The van der Waals surface area contributed by atoms with Gasteiger partial charge in [-0.25, -0.2) is 13.4 Å². The van der Waals surface area contributed by atoms with E-state index in [1.54, 1.807) is 17.6 Å². The summed E-state index contributed by atoms with van der Waals surface area (Å²) in [5.41, 5.74) is 2.36. The van der Waals surface area contributed by atoms with Crippen LogP contribution in [-0.4, -0.2) is 73.6 Å². The lowest BCUT2D eigenvalue weighted by atomic mass is 10.1. The van der Waals surface area contributed by atoms with Gasteiger partial charge in [-0.2, -0.15) is 9.29 Å². The molecule has 2 fully saturated rings. The number of anilines is 5. The largest absolute Gasteiger partial charge is 0.489 e. The first-order valence-corrected chi connectivity index (χ1v) is 17.3. The van der Waals surface area contributed by atoms with Crippen molar-refractivity contribution in [2.24, 2.45) is 0 Å². The molecular formula is C26H30ClN6O4PS. The summed E-state index contributed by atoms with van der Waals surface area (Å²) < 4.78 is 45.9. The van der Waals surface area contributed by atoms with E-state index in [1.165, 1.54) is 6.20 Å². The van der Waals surface area contributed by atoms with Crippen LogP contribution >= 0.6 is 18.7 Å². The number of fused-ring (bicyclic) bond motifs is 3. The second kappa shape index (κ2) is 9.96. The summed E-state index contributed by atoms with van der Waals surface area (Å²) in [6.07, 6.45) is 3.04. The highest BCUT2D eigenvalue weighted by atomic mass is 35.5. The molecule has 0 unspecified atom stereocenters. The molecule has 1 atom stereocenters. The number of halogens is 1. The molecule has 13 heteroatoms. The molecule has 10 nitrogen and oxygen atoms in total. The zero-order valence-corrected chi connectivity index (χ0v) is 24.1. The van der Waals surface area contributed by atoms with Crippen molar-refractivity contribution in [3.8, 4) is 5.75 Å². The third-order valence-electron chi connectivity index (χ3n) is 7.19. The maximum atomic E-state index is 12.8. The van der Waals surface area contributed by atoms with E-state index in [9.17, 15) is 13.0 Å². The molecule has 3 aromatic rings. The fourth-order valence-electron chi connectivity index (χ4n) is 5.05. The van der Waals surface area contributed by atoms with Crippen molar-refractivity contribution >= 4 is 62.9 Å². The quantitative estimate of drug-likeness (QED) is 0.391. The van der Waals surface area contributed by atoms with Crippen molar-refractivity contribution in [1.82, 2.24) is 14.3 Å². The smallest absolute Gasteiger partial charge is 0.229 e. The number of para-hydroxylation sites is 1. The lowest BCUT2D eigenvalue weighted by Gasteiger charge is -2.45. The third-order valence-corrected chi connectivity index (χ3v) is 11.4. The van der Waals surface area contributed by atoms with Crippen LogP contribution in [0.1, 0.15) is 12.8 Å². The number of sulfonamides is 1. The molecule has 1 saturated carbocycles. The Labute approximate surface area is 233 Å². The van der Waals surface area contributed by atoms with Crippen molar-refractivity contribution in [3.05, 3.63) is 53.7 Å². The summed E-state index contributed by atoms with van der Waals surface area (Å²) in [6.45, 7) is 5.41. The number of benzene rings is 2. The van der Waals surface area contributed by atoms with Gasteiger partial charge >= 0.3 is 0 Å². The SMILES string of the molecule is CP(C)(=O)c1ccccc1Nc1nc(Nc2ccc3c(c2)OC[C@H]2CN(S(=O)(=O)C4CC4)CCN32)ncc1Cl. The van der Waals surface area contributed by atoms with E-state index in [4.69, 9.17) is 16.3 Å². The van der Waals surface area contributed by atoms with Gasteiger partial charge in [-0.3, -0.25) is 0 Å². The van der Waals surface area contributed by atoms with E-state index in [2.05, 4.69) is 25.5 Å². The van der Waals surface area contributed by atoms with Crippen LogP contribution in [-0.2, 0) is 14.6 Å². The summed E-state index contributed by atoms with van der Waals surface area (Å²) in [5.74, 6) is 1.45. The fourth-order valence-corrected chi connectivity index (χ4v) is 8.21. The van der Waals surface area contributed by atoms with Gasteiger partial charge < -0.3 is 24.8 Å². The van der Waals surface area contributed by atoms with Crippen LogP contribution in [0, 0.1) is 0 Å². The van der Waals surface area contributed by atoms with Crippen molar-refractivity contribution in [2.75, 3.05) is 55.1 Å². The zero-order valence-electron chi connectivity index (χ0n) is 21.7. The molecule has 1 aromatic heterocycles. The monoisotopic (exact) mass is 588 g/mol. The van der Waals surface area contributed by atoms with Crippen molar-refractivity contribution in [1.29, 1.82) is 0 Å². The van der Waals surface area contributed by atoms with Crippen LogP contribution in [0.2, 0.25) is 5.02 Å². The highest BCUT2D eigenvalue weighted by Gasteiger charge is 2.44. The molecule has 3 heterocycles. The molecule has 2 aromatic carbocycles. The van der Waals surface area contributed by atoms with Crippen LogP contribution < -0.4 is 25.6 Å². The molecule has 6 rings (SSSR count). The second-order valence-corrected chi connectivity index (χ2v) is 16.3. The van der Waals surface area contributed by atoms with Crippen molar-refractivity contribution in [2.45, 2.75) is 24.1 Å². The summed E-state index contributed by atoms with van der Waals surface area (Å²) in [4.78, 5) is 11.1. The molecule has 39 heavy (non-hydrogen) atoms. The summed E-state index contributed by atoms with van der Waals surface area (Å²) in [7, 11) is -5.72. The number of rotatable bonds is 7. The van der Waals surface area contributed by atoms with E-state index < -0.39 is 17.2 Å². The zero-order chi connectivity index (χ0) is 27.4. The fraction of sp³-hybridized carbons (Fsp3) is 0.385. The Kier molecular flexibility index (Phi) is 6.74. The highest BCUT2D eigenvalue weighted by Crippen LogP contribution is 2.40. The minimum absolute atomic E-state index is 0.0174. The molecule has 2 N–H and O–H groups in total. The number of nitrogens with zero attached hydrogens (tertiary/aromatic N) is 4. The van der Waals surface area contributed by atoms with E-state index in [0.29, 0.717) is 54.0 Å². The third kappa shape index (κ3) is 5.33. The normalized spacial score (nSPS) is 19.6. The molecule has 0 bridgehead atoms. The average molecular weight is 589 g/mol. The molecule has 2 aliphatic heterocycles. The minimum atomic E-state index is -3.20. The van der Waals surface area contributed by atoms with Crippen LogP contribution in [0.25, 0.3) is 0 Å². The van der Waals surface area contributed by atoms with Gasteiger partial charge in [0.1, 0.15) is 24.5 Å². The van der Waals surface area contributed by atoms with Gasteiger partial charge in [0.25, 0.3) is 0 Å². The van der Waals surface area contributed by atoms with Crippen molar-refractivity contribution in [3.63, 3.8) is 0 Å². The number of hydrogen-bond acceptors (Lipinski definition) is 9. The Balaban J connectivity index is 1.18. The first-order valence-electron chi connectivity index (χ1n) is 12.8. The van der Waals surface area contributed by atoms with Gasteiger partial charge in [0.2, 0.25) is 16.0 Å². The minimum Gasteiger partial charge on any atom is -0.489 e. The highest BCUT2D eigenvalue weighted by molar-refractivity contribution is 7.90. The molecule has 1 aliphatic carbocycles. The van der Waals surface area contributed by atoms with Gasteiger partial charge in [-0.05, 0) is 50.4 Å². The first kappa shape index (κ1) is 26.4. The lowest BCUT2D eigenvalue weighted by Crippen LogP contribution is -2.58. The van der Waals surface area contributed by atoms with Crippen molar-refractivity contribution < 1.29 is 17.7 Å². The molecule has 0 spiro atoms. The molecule has 0 amide bonds. The summed E-state index contributed by atoms with van der Waals surface area (Å²) in [5, 5.41) is 7.26. The maximum Gasteiger partial charge on any atom is 0.229 e. The molecule has 206 valence electrons. The Morgan fingerprint density at radius 2 is 1.90 bits per heavy atom. The van der Waals surface area contributed by atoms with Gasteiger partial charge in [0.05, 0.1) is 28.9 Å². The van der Waals surface area contributed by atoms with E-state index in [1.807, 2.05) is 42.5 Å². The van der Waals surface area contributed by atoms with E-state index in [-0.39, 0.29) is 11.3 Å². The van der Waals surface area contributed by atoms with E-state index in [0.717, 1.165) is 30.0 Å². The average Bonchev–Trinajstić information content (AvgIpc) is 3.76. The Hall–Kier alpha value is -2.85. The molecule has 1 saturated heterocycles. The van der Waals surface area contributed by atoms with Crippen LogP contribution in [0.3, 0.4) is 0 Å². The van der Waals surface area contributed by atoms with Gasteiger partial charge in [0, 0.05) is 36.7 Å². The van der Waals surface area contributed by atoms with E-state index >= 15 is 0 Å².